The van der Waals surface area contributed by atoms with Crippen LogP contribution in [0.1, 0.15) is 10.4 Å². The van der Waals surface area contributed by atoms with Crippen molar-refractivity contribution in [2.24, 2.45) is 0 Å². The van der Waals surface area contributed by atoms with Crippen molar-refractivity contribution in [3.05, 3.63) is 77.7 Å². The van der Waals surface area contributed by atoms with Gasteiger partial charge in [-0.15, -0.1) is 0 Å². The fourth-order valence-electron chi connectivity index (χ4n) is 2.34. The van der Waals surface area contributed by atoms with Crippen LogP contribution in [0, 0.1) is 0 Å². The molecule has 25 heavy (non-hydrogen) atoms. The zero-order valence-electron chi connectivity index (χ0n) is 13.5. The summed E-state index contributed by atoms with van der Waals surface area (Å²) in [6.07, 6.45) is 3.47. The molecule has 3 rings (SSSR count). The van der Waals surface area contributed by atoms with Gasteiger partial charge in [0, 0.05) is 17.2 Å². The minimum Gasteiger partial charge on any atom is -1.00 e. The predicted molar refractivity (Wildman–Crippen MR) is 92.2 cm³/mol. The molecule has 0 spiro atoms. The van der Waals surface area contributed by atoms with Gasteiger partial charge in [0.15, 0.2) is 12.2 Å². The van der Waals surface area contributed by atoms with E-state index in [1.807, 2.05) is 36.5 Å². The maximum Gasteiger partial charge on any atom is 0.287 e. The maximum absolute atomic E-state index is 12.3. The lowest BCUT2D eigenvalue weighted by Gasteiger charge is -2.03. The van der Waals surface area contributed by atoms with Crippen molar-refractivity contribution in [3.8, 4) is 17.0 Å². The lowest BCUT2D eigenvalue weighted by Crippen LogP contribution is -3.00. The Morgan fingerprint density at radius 1 is 1.12 bits per heavy atom. The zero-order valence-corrected chi connectivity index (χ0v) is 15.9. The van der Waals surface area contributed by atoms with E-state index in [4.69, 9.17) is 16.3 Å². The first kappa shape index (κ1) is 19.1. The van der Waals surface area contributed by atoms with Crippen LogP contribution in [0.3, 0.4) is 0 Å². The van der Waals surface area contributed by atoms with Gasteiger partial charge in [0.1, 0.15) is 5.75 Å². The number of halogens is 2. The third kappa shape index (κ3) is 4.65. The fraction of sp³-hybridized carbons (Fsp3) is 0.105. The van der Waals surface area contributed by atoms with Crippen LogP contribution < -0.4 is 26.3 Å². The highest BCUT2D eigenvalue weighted by atomic mass is 79.9. The number of carbonyl (C=O) groups is 1. The molecule has 6 heteroatoms. The first-order valence-corrected chi connectivity index (χ1v) is 7.82. The van der Waals surface area contributed by atoms with Gasteiger partial charge in [-0.05, 0) is 41.4 Å². The van der Waals surface area contributed by atoms with Crippen LogP contribution in [0.2, 0.25) is 5.02 Å². The largest absolute Gasteiger partial charge is 1.00 e. The minimum absolute atomic E-state index is 0. The van der Waals surface area contributed by atoms with Crippen LogP contribution in [0.5, 0.6) is 5.75 Å². The fourth-order valence-corrected chi connectivity index (χ4v) is 2.57. The van der Waals surface area contributed by atoms with Crippen molar-refractivity contribution in [1.82, 2.24) is 4.98 Å². The Morgan fingerprint density at radius 2 is 1.84 bits per heavy atom. The van der Waals surface area contributed by atoms with Gasteiger partial charge in [-0.25, -0.2) is 4.57 Å². The molecular weight excluding hydrogens is 404 g/mol. The summed E-state index contributed by atoms with van der Waals surface area (Å²) in [5.74, 6) is 0.736. The van der Waals surface area contributed by atoms with Crippen LogP contribution in [0.4, 0.5) is 0 Å². The van der Waals surface area contributed by atoms with Gasteiger partial charge in [-0.1, -0.05) is 23.7 Å². The average Bonchev–Trinajstić information content (AvgIpc) is 2.63. The van der Waals surface area contributed by atoms with Gasteiger partial charge in [-0.2, -0.15) is 0 Å². The summed E-state index contributed by atoms with van der Waals surface area (Å²) in [6, 6.07) is 16.4. The summed E-state index contributed by atoms with van der Waals surface area (Å²) in [4.78, 5) is 16.7. The van der Waals surface area contributed by atoms with Gasteiger partial charge in [0.2, 0.25) is 5.78 Å². The maximum atomic E-state index is 12.3. The van der Waals surface area contributed by atoms with E-state index >= 15 is 0 Å². The second kappa shape index (κ2) is 8.74. The third-order valence-electron chi connectivity index (χ3n) is 3.66. The van der Waals surface area contributed by atoms with Crippen molar-refractivity contribution in [3.63, 3.8) is 0 Å². The van der Waals surface area contributed by atoms with E-state index in [-0.39, 0.29) is 29.3 Å². The topological polar surface area (TPSA) is 43.1 Å². The van der Waals surface area contributed by atoms with Gasteiger partial charge < -0.3 is 21.7 Å². The number of benzene rings is 2. The molecule has 0 unspecified atom stereocenters. The van der Waals surface area contributed by atoms with Crippen molar-refractivity contribution < 1.29 is 31.1 Å². The van der Waals surface area contributed by atoms with Crippen LogP contribution in [0.15, 0.2) is 67.1 Å². The molecule has 0 saturated carbocycles. The van der Waals surface area contributed by atoms with Gasteiger partial charge in [0.05, 0.1) is 18.3 Å². The average molecular weight is 420 g/mol. The molecule has 0 saturated heterocycles. The second-order valence-corrected chi connectivity index (χ2v) is 5.66. The van der Waals surface area contributed by atoms with E-state index in [0.717, 1.165) is 17.0 Å². The van der Waals surface area contributed by atoms with Crippen molar-refractivity contribution in [2.45, 2.75) is 6.54 Å². The van der Waals surface area contributed by atoms with E-state index < -0.39 is 0 Å². The van der Waals surface area contributed by atoms with E-state index in [2.05, 4.69) is 4.98 Å². The summed E-state index contributed by atoms with van der Waals surface area (Å²) in [6.45, 7) is 0.224. The number of nitrogens with zero attached hydrogens (tertiary/aromatic N) is 2. The predicted octanol–water partition coefficient (Wildman–Crippen LogP) is 0.585. The Bertz CT molecular complexity index is 852. The summed E-state index contributed by atoms with van der Waals surface area (Å²) < 4.78 is 6.84. The monoisotopic (exact) mass is 418 g/mol. The molecule has 0 atom stereocenters. The van der Waals surface area contributed by atoms with Crippen LogP contribution in [-0.2, 0) is 6.54 Å². The second-order valence-electron chi connectivity index (χ2n) is 5.25. The quantitative estimate of drug-likeness (QED) is 0.449. The molecule has 2 aromatic carbocycles. The number of carbonyl (C=O) groups excluding carboxylic acids is 1. The molecular formula is C19H16BrClN2O2. The molecule has 3 aromatic rings. The smallest absolute Gasteiger partial charge is 0.287 e. The van der Waals surface area contributed by atoms with E-state index in [1.165, 1.54) is 0 Å². The SMILES string of the molecule is COc1ccc(C(=O)C[n+]2ccc(-c3ccccc3Cl)nc2)cc1.[Br-]. The molecule has 4 nitrogen and oxygen atoms in total. The van der Waals surface area contributed by atoms with Crippen molar-refractivity contribution in [2.75, 3.05) is 7.11 Å². The highest BCUT2D eigenvalue weighted by Crippen LogP contribution is 2.24. The summed E-state index contributed by atoms with van der Waals surface area (Å²) >= 11 is 6.18. The molecule has 0 fully saturated rings. The van der Waals surface area contributed by atoms with Gasteiger partial charge >= 0.3 is 0 Å². The van der Waals surface area contributed by atoms with Crippen LogP contribution in [-0.4, -0.2) is 17.9 Å². The van der Waals surface area contributed by atoms with Crippen molar-refractivity contribution >= 4 is 17.4 Å². The number of aromatic nitrogens is 2. The summed E-state index contributed by atoms with van der Waals surface area (Å²) in [5, 5.41) is 0.650. The van der Waals surface area contributed by atoms with E-state index in [9.17, 15) is 4.79 Å². The van der Waals surface area contributed by atoms with Crippen LogP contribution >= 0.6 is 11.6 Å². The summed E-state index contributed by atoms with van der Waals surface area (Å²) in [5.41, 5.74) is 2.28. The molecule has 128 valence electrons. The van der Waals surface area contributed by atoms with Gasteiger partial charge in [0.25, 0.3) is 6.33 Å². The Labute approximate surface area is 161 Å². The Balaban J connectivity index is 0.00000225. The van der Waals surface area contributed by atoms with Crippen molar-refractivity contribution in [1.29, 1.82) is 0 Å². The summed E-state index contributed by atoms with van der Waals surface area (Å²) in [7, 11) is 1.60. The molecule has 0 aliphatic carbocycles. The Kier molecular flexibility index (Phi) is 6.67. The first-order chi connectivity index (χ1) is 11.7. The van der Waals surface area contributed by atoms with E-state index in [1.54, 1.807) is 42.3 Å². The number of rotatable bonds is 5. The lowest BCUT2D eigenvalue weighted by molar-refractivity contribution is -0.686. The van der Waals surface area contributed by atoms with E-state index in [0.29, 0.717) is 10.6 Å². The number of hydrogen-bond donors (Lipinski definition) is 0. The minimum atomic E-state index is 0. The number of hydrogen-bond acceptors (Lipinski definition) is 3. The Hall–Kier alpha value is -2.24. The number of Topliss-reactive ketones (excluding diaryl/α,β-unsaturated/α-hetero) is 1. The third-order valence-corrected chi connectivity index (χ3v) is 3.99. The number of ketones is 1. The standard InChI is InChI=1S/C19H16ClN2O2.BrH/c1-24-15-8-6-14(7-9-15)19(23)12-22-11-10-18(21-13-22)16-4-2-3-5-17(16)20;/h2-11,13H,12H2,1H3;1H/q+1;/p-1. The van der Waals surface area contributed by atoms with Crippen LogP contribution in [0.25, 0.3) is 11.3 Å². The highest BCUT2D eigenvalue weighted by molar-refractivity contribution is 6.33. The molecule has 0 N–H and O–H groups in total. The number of methoxy groups -OCH3 is 1. The molecule has 1 aromatic heterocycles. The van der Waals surface area contributed by atoms with Gasteiger partial charge in [-0.3, -0.25) is 4.79 Å². The molecule has 0 aliphatic rings. The Morgan fingerprint density at radius 3 is 2.44 bits per heavy atom. The molecule has 0 amide bonds. The first-order valence-electron chi connectivity index (χ1n) is 7.44. The lowest BCUT2D eigenvalue weighted by atomic mass is 10.1. The molecule has 0 aliphatic heterocycles. The number of ether oxygens (including phenoxy) is 1. The molecule has 0 bridgehead atoms. The normalized spacial score (nSPS) is 10.0. The molecule has 0 radical (unpaired) electrons. The zero-order chi connectivity index (χ0) is 16.9. The molecule has 1 heterocycles. The highest BCUT2D eigenvalue weighted by Gasteiger charge is 2.13.